The summed E-state index contributed by atoms with van der Waals surface area (Å²) in [5.41, 5.74) is 0. The van der Waals surface area contributed by atoms with E-state index < -0.39 is 0 Å². The minimum Gasteiger partial charge on any atom is -0.472 e. The monoisotopic (exact) mass is 294 g/mol. The van der Waals surface area contributed by atoms with Gasteiger partial charge < -0.3 is 19.3 Å². The van der Waals surface area contributed by atoms with E-state index in [4.69, 9.17) is 9.47 Å². The van der Waals surface area contributed by atoms with Crippen LogP contribution < -0.4 is 9.64 Å². The summed E-state index contributed by atoms with van der Waals surface area (Å²) in [6, 6.07) is 0. The third-order valence-electron chi connectivity index (χ3n) is 3.19. The molecule has 2 heterocycles. The molecule has 0 unspecified atom stereocenters. The highest BCUT2D eigenvalue weighted by molar-refractivity contribution is 5.77. The number of hydrogen-bond acceptors (Lipinski definition) is 6. The van der Waals surface area contributed by atoms with Crippen LogP contribution in [0.2, 0.25) is 0 Å². The topological polar surface area (TPSA) is 67.8 Å². The SMILES string of the molecule is COCC(=O)N1CCN(c2nccnc2OC(C)C)CC1. The number of aromatic nitrogens is 2. The summed E-state index contributed by atoms with van der Waals surface area (Å²) in [5, 5.41) is 0. The maximum atomic E-state index is 11.8. The largest absolute Gasteiger partial charge is 0.472 e. The molecule has 0 bridgehead atoms. The van der Waals surface area contributed by atoms with Gasteiger partial charge in [0.1, 0.15) is 6.61 Å². The first-order valence-electron chi connectivity index (χ1n) is 7.11. The number of ether oxygens (including phenoxy) is 2. The van der Waals surface area contributed by atoms with E-state index >= 15 is 0 Å². The average Bonchev–Trinajstić information content (AvgIpc) is 2.48. The first kappa shape index (κ1) is 15.5. The fourth-order valence-electron chi connectivity index (χ4n) is 2.22. The van der Waals surface area contributed by atoms with Gasteiger partial charge in [-0.25, -0.2) is 9.97 Å². The Hall–Kier alpha value is -1.89. The minimum atomic E-state index is 0.0231. The Balaban J connectivity index is 2.00. The number of hydrogen-bond donors (Lipinski definition) is 0. The molecule has 1 amide bonds. The maximum absolute atomic E-state index is 11.8. The van der Waals surface area contributed by atoms with Crippen LogP contribution in [0.15, 0.2) is 12.4 Å². The van der Waals surface area contributed by atoms with E-state index in [1.165, 1.54) is 7.11 Å². The molecule has 0 N–H and O–H groups in total. The Morgan fingerprint density at radius 1 is 1.24 bits per heavy atom. The molecule has 1 saturated heterocycles. The minimum absolute atomic E-state index is 0.0231. The fourth-order valence-corrected chi connectivity index (χ4v) is 2.22. The Bertz CT molecular complexity index is 473. The molecule has 0 saturated carbocycles. The van der Waals surface area contributed by atoms with Crippen molar-refractivity contribution in [1.82, 2.24) is 14.9 Å². The lowest BCUT2D eigenvalue weighted by Crippen LogP contribution is -2.50. The summed E-state index contributed by atoms with van der Waals surface area (Å²) in [5.74, 6) is 1.31. The molecule has 0 atom stereocenters. The number of amides is 1. The van der Waals surface area contributed by atoms with Gasteiger partial charge in [0.05, 0.1) is 6.10 Å². The Morgan fingerprint density at radius 2 is 1.90 bits per heavy atom. The van der Waals surface area contributed by atoms with Gasteiger partial charge in [0, 0.05) is 45.7 Å². The van der Waals surface area contributed by atoms with Crippen molar-refractivity contribution in [2.24, 2.45) is 0 Å². The maximum Gasteiger partial charge on any atom is 0.257 e. The second kappa shape index (κ2) is 7.21. The second-order valence-electron chi connectivity index (χ2n) is 5.15. The third-order valence-corrected chi connectivity index (χ3v) is 3.19. The van der Waals surface area contributed by atoms with Crippen molar-refractivity contribution in [3.63, 3.8) is 0 Å². The highest BCUT2D eigenvalue weighted by Crippen LogP contribution is 2.24. The normalized spacial score (nSPS) is 15.4. The lowest BCUT2D eigenvalue weighted by atomic mass is 10.3. The molecule has 1 aromatic heterocycles. The number of piperazine rings is 1. The van der Waals surface area contributed by atoms with Crippen molar-refractivity contribution in [3.8, 4) is 5.88 Å². The lowest BCUT2D eigenvalue weighted by Gasteiger charge is -2.35. The van der Waals surface area contributed by atoms with E-state index in [0.717, 1.165) is 5.82 Å². The fraction of sp³-hybridized carbons (Fsp3) is 0.643. The molecule has 0 spiro atoms. The highest BCUT2D eigenvalue weighted by atomic mass is 16.5. The summed E-state index contributed by atoms with van der Waals surface area (Å²) < 4.78 is 10.6. The Morgan fingerprint density at radius 3 is 2.52 bits per heavy atom. The first-order valence-corrected chi connectivity index (χ1v) is 7.11. The van der Waals surface area contributed by atoms with Crippen molar-refractivity contribution in [2.45, 2.75) is 20.0 Å². The summed E-state index contributed by atoms with van der Waals surface area (Å²) in [7, 11) is 1.53. The van der Waals surface area contributed by atoms with Crippen LogP contribution in [0, 0.1) is 0 Å². The van der Waals surface area contributed by atoms with Crippen molar-refractivity contribution < 1.29 is 14.3 Å². The summed E-state index contributed by atoms with van der Waals surface area (Å²) in [6.45, 7) is 6.78. The van der Waals surface area contributed by atoms with Crippen molar-refractivity contribution >= 4 is 11.7 Å². The van der Waals surface area contributed by atoms with Gasteiger partial charge in [-0.2, -0.15) is 0 Å². The molecule has 1 aromatic rings. The quantitative estimate of drug-likeness (QED) is 0.790. The van der Waals surface area contributed by atoms with Crippen molar-refractivity contribution in [3.05, 3.63) is 12.4 Å². The average molecular weight is 294 g/mol. The first-order chi connectivity index (χ1) is 10.1. The molecular formula is C14H22N4O3. The van der Waals surface area contributed by atoms with Gasteiger partial charge in [-0.05, 0) is 13.8 Å². The number of rotatable bonds is 5. The Kier molecular flexibility index (Phi) is 5.32. The van der Waals surface area contributed by atoms with Gasteiger partial charge >= 0.3 is 0 Å². The molecular weight excluding hydrogens is 272 g/mol. The van der Waals surface area contributed by atoms with Crippen LogP contribution in [0.25, 0.3) is 0 Å². The molecule has 7 nitrogen and oxygen atoms in total. The molecule has 1 fully saturated rings. The molecule has 0 aliphatic carbocycles. The van der Waals surface area contributed by atoms with Crippen LogP contribution in [0.5, 0.6) is 5.88 Å². The second-order valence-corrected chi connectivity index (χ2v) is 5.15. The van der Waals surface area contributed by atoms with Gasteiger partial charge in [0.15, 0.2) is 5.82 Å². The highest BCUT2D eigenvalue weighted by Gasteiger charge is 2.24. The molecule has 0 aromatic carbocycles. The summed E-state index contributed by atoms with van der Waals surface area (Å²) in [6.07, 6.45) is 3.33. The Labute approximate surface area is 124 Å². The molecule has 7 heteroatoms. The van der Waals surface area contributed by atoms with E-state index in [0.29, 0.717) is 32.1 Å². The standard InChI is InChI=1S/C14H22N4O3/c1-11(2)21-14-13(15-4-5-16-14)18-8-6-17(7-9-18)12(19)10-20-3/h4-5,11H,6-10H2,1-3H3. The van der Waals surface area contributed by atoms with Gasteiger partial charge in [-0.1, -0.05) is 0 Å². The van der Waals surface area contributed by atoms with Crippen LogP contribution in [-0.2, 0) is 9.53 Å². The molecule has 21 heavy (non-hydrogen) atoms. The van der Waals surface area contributed by atoms with Crippen LogP contribution in [0.1, 0.15) is 13.8 Å². The van der Waals surface area contributed by atoms with Crippen molar-refractivity contribution in [1.29, 1.82) is 0 Å². The van der Waals surface area contributed by atoms with Crippen LogP contribution in [0.3, 0.4) is 0 Å². The molecule has 0 radical (unpaired) electrons. The zero-order valence-electron chi connectivity index (χ0n) is 12.8. The van der Waals surface area contributed by atoms with E-state index in [2.05, 4.69) is 14.9 Å². The lowest BCUT2D eigenvalue weighted by molar-refractivity contribution is -0.135. The van der Waals surface area contributed by atoms with Gasteiger partial charge in [0.25, 0.3) is 5.88 Å². The molecule has 1 aliphatic rings. The molecule has 1 aliphatic heterocycles. The van der Waals surface area contributed by atoms with Gasteiger partial charge in [-0.3, -0.25) is 4.79 Å². The molecule has 116 valence electrons. The predicted octanol–water partition coefficient (Wildman–Crippen LogP) is 0.559. The van der Waals surface area contributed by atoms with Crippen LogP contribution >= 0.6 is 0 Å². The van der Waals surface area contributed by atoms with Crippen LogP contribution in [-0.4, -0.2) is 66.8 Å². The number of carbonyl (C=O) groups excluding carboxylic acids is 1. The number of methoxy groups -OCH3 is 1. The van der Waals surface area contributed by atoms with Crippen molar-refractivity contribution in [2.75, 3.05) is 44.8 Å². The number of nitrogens with zero attached hydrogens (tertiary/aromatic N) is 4. The number of anilines is 1. The van der Waals surface area contributed by atoms with Gasteiger partial charge in [-0.15, -0.1) is 0 Å². The van der Waals surface area contributed by atoms with E-state index in [9.17, 15) is 4.79 Å². The van der Waals surface area contributed by atoms with Gasteiger partial charge in [0.2, 0.25) is 5.91 Å². The zero-order valence-corrected chi connectivity index (χ0v) is 12.8. The number of carbonyl (C=O) groups is 1. The van der Waals surface area contributed by atoms with Crippen LogP contribution in [0.4, 0.5) is 5.82 Å². The smallest absolute Gasteiger partial charge is 0.257 e. The van der Waals surface area contributed by atoms with E-state index in [-0.39, 0.29) is 18.6 Å². The third kappa shape index (κ3) is 4.04. The summed E-state index contributed by atoms with van der Waals surface area (Å²) >= 11 is 0. The summed E-state index contributed by atoms with van der Waals surface area (Å²) in [4.78, 5) is 24.3. The molecule has 2 rings (SSSR count). The van der Waals surface area contributed by atoms with E-state index in [1.807, 2.05) is 13.8 Å². The predicted molar refractivity (Wildman–Crippen MR) is 78.5 cm³/mol. The van der Waals surface area contributed by atoms with E-state index in [1.54, 1.807) is 17.3 Å². The zero-order chi connectivity index (χ0) is 15.2.